The molecular formula is C33H33NO5. The van der Waals surface area contributed by atoms with Gasteiger partial charge in [-0.1, -0.05) is 86.5 Å². The average molecular weight is 524 g/mol. The predicted octanol–water partition coefficient (Wildman–Crippen LogP) is 6.85. The Morgan fingerprint density at radius 2 is 1.69 bits per heavy atom. The maximum Gasteiger partial charge on any atom is 0.355 e. The smallest absolute Gasteiger partial charge is 0.355 e. The van der Waals surface area contributed by atoms with Gasteiger partial charge in [-0.15, -0.1) is 0 Å². The van der Waals surface area contributed by atoms with Crippen molar-refractivity contribution in [3.8, 4) is 11.3 Å². The van der Waals surface area contributed by atoms with Gasteiger partial charge >= 0.3 is 11.9 Å². The van der Waals surface area contributed by atoms with Gasteiger partial charge < -0.3 is 19.1 Å². The molecule has 1 heterocycles. The van der Waals surface area contributed by atoms with Gasteiger partial charge in [0.05, 0.1) is 30.5 Å². The molecule has 3 aromatic carbocycles. The van der Waals surface area contributed by atoms with Gasteiger partial charge in [0.2, 0.25) is 0 Å². The van der Waals surface area contributed by atoms with Crippen LogP contribution in [0.4, 0.5) is 0 Å². The first-order valence-corrected chi connectivity index (χ1v) is 13.4. The van der Waals surface area contributed by atoms with Crippen molar-refractivity contribution in [1.29, 1.82) is 0 Å². The van der Waals surface area contributed by atoms with Gasteiger partial charge in [-0.05, 0) is 47.6 Å². The average Bonchev–Trinajstić information content (AvgIpc) is 3.34. The van der Waals surface area contributed by atoms with E-state index in [2.05, 4.69) is 6.58 Å². The summed E-state index contributed by atoms with van der Waals surface area (Å²) in [6, 6.07) is 22.6. The Morgan fingerprint density at radius 3 is 2.41 bits per heavy atom. The minimum Gasteiger partial charge on any atom is -0.465 e. The first-order chi connectivity index (χ1) is 19.0. The highest BCUT2D eigenvalue weighted by atomic mass is 16.5. The molecule has 5 rings (SSSR count). The van der Waals surface area contributed by atoms with Gasteiger partial charge in [-0.3, -0.25) is 0 Å². The van der Waals surface area contributed by atoms with Gasteiger partial charge in [-0.2, -0.15) is 0 Å². The summed E-state index contributed by atoms with van der Waals surface area (Å²) >= 11 is 0. The number of aromatic nitrogens is 1. The zero-order chi connectivity index (χ0) is 27.4. The van der Waals surface area contributed by atoms with Crippen molar-refractivity contribution in [2.45, 2.75) is 51.2 Å². The third-order valence-electron chi connectivity index (χ3n) is 7.60. The fraction of sp³-hybridized carbons (Fsp3) is 0.273. The molecule has 1 fully saturated rings. The number of ether oxygens (including phenoxy) is 2. The Hall–Kier alpha value is -4.16. The zero-order valence-electron chi connectivity index (χ0n) is 22.2. The molecule has 0 bridgehead atoms. The van der Waals surface area contributed by atoms with Crippen molar-refractivity contribution in [2.75, 3.05) is 7.11 Å². The Labute approximate surface area is 228 Å². The monoisotopic (exact) mass is 523 g/mol. The number of carbonyl (C=O) groups excluding carboxylic acids is 2. The van der Waals surface area contributed by atoms with E-state index in [-0.39, 0.29) is 24.8 Å². The van der Waals surface area contributed by atoms with E-state index < -0.39 is 11.9 Å². The number of esters is 2. The van der Waals surface area contributed by atoms with Crippen molar-refractivity contribution in [3.63, 3.8) is 0 Å². The molecule has 0 amide bonds. The Bertz CT molecular complexity index is 1510. The van der Waals surface area contributed by atoms with Crippen LogP contribution in [-0.2, 0) is 27.5 Å². The standard InChI is InChI=1S/C33H33NO5/c1-22(32(36)39-21-23-11-5-3-6-12-23)34-29-19-25(33(37)38-2)17-18-28(29)30(24-13-7-4-8-14-24)31(34)27-16-10-9-15-26(27)20-35/h3,5-6,9-12,15-19,24,35H,1,4,7-8,13-14,20-21H2,2H3. The van der Waals surface area contributed by atoms with E-state index >= 15 is 0 Å². The molecule has 6 nitrogen and oxygen atoms in total. The normalized spacial score (nSPS) is 13.8. The van der Waals surface area contributed by atoms with Crippen LogP contribution in [0.2, 0.25) is 0 Å². The van der Waals surface area contributed by atoms with E-state index in [0.717, 1.165) is 59.0 Å². The van der Waals surface area contributed by atoms with Gasteiger partial charge in [0.1, 0.15) is 12.3 Å². The van der Waals surface area contributed by atoms with Crippen LogP contribution >= 0.6 is 0 Å². The molecule has 1 aliphatic carbocycles. The summed E-state index contributed by atoms with van der Waals surface area (Å²) in [7, 11) is 1.35. The second-order valence-electron chi connectivity index (χ2n) is 9.98. The molecule has 1 aromatic heterocycles. The number of carbonyl (C=O) groups is 2. The Balaban J connectivity index is 1.73. The third kappa shape index (κ3) is 5.25. The SMILES string of the molecule is C=C(C(=O)OCc1ccccc1)n1c(-c2ccccc2CO)c(C2CCCCC2)c2ccc(C(=O)OC)cc21. The topological polar surface area (TPSA) is 77.8 Å². The van der Waals surface area contributed by atoms with Crippen molar-refractivity contribution in [2.24, 2.45) is 0 Å². The number of rotatable bonds is 8. The highest BCUT2D eigenvalue weighted by Gasteiger charge is 2.30. The first-order valence-electron chi connectivity index (χ1n) is 13.4. The molecular weight excluding hydrogens is 490 g/mol. The van der Waals surface area contributed by atoms with Gasteiger partial charge in [0.15, 0.2) is 0 Å². The summed E-state index contributed by atoms with van der Waals surface area (Å²) < 4.78 is 12.5. The molecule has 6 heteroatoms. The maximum atomic E-state index is 13.5. The van der Waals surface area contributed by atoms with Crippen LogP contribution in [0.3, 0.4) is 0 Å². The Morgan fingerprint density at radius 1 is 0.974 bits per heavy atom. The van der Waals surface area contributed by atoms with E-state index in [1.165, 1.54) is 13.5 Å². The van der Waals surface area contributed by atoms with E-state index in [0.29, 0.717) is 11.1 Å². The number of hydrogen-bond donors (Lipinski definition) is 1. The quantitative estimate of drug-likeness (QED) is 0.202. The minimum absolute atomic E-state index is 0.114. The van der Waals surface area contributed by atoms with Crippen molar-refractivity contribution >= 4 is 28.5 Å². The molecule has 200 valence electrons. The second kappa shape index (κ2) is 11.7. The number of benzene rings is 3. The summed E-state index contributed by atoms with van der Waals surface area (Å²) in [4.78, 5) is 26.0. The van der Waals surface area contributed by atoms with Crippen LogP contribution in [0, 0.1) is 0 Å². The molecule has 0 unspecified atom stereocenters. The molecule has 1 N–H and O–H groups in total. The van der Waals surface area contributed by atoms with E-state index in [9.17, 15) is 14.7 Å². The van der Waals surface area contributed by atoms with Gasteiger partial charge in [0.25, 0.3) is 0 Å². The molecule has 1 saturated carbocycles. The lowest BCUT2D eigenvalue weighted by Crippen LogP contribution is -2.14. The van der Waals surface area contributed by atoms with Crippen LogP contribution in [-0.4, -0.2) is 28.7 Å². The zero-order valence-corrected chi connectivity index (χ0v) is 22.2. The van der Waals surface area contributed by atoms with Crippen LogP contribution in [0.1, 0.15) is 65.1 Å². The summed E-state index contributed by atoms with van der Waals surface area (Å²) in [6.07, 6.45) is 5.49. The fourth-order valence-corrected chi connectivity index (χ4v) is 5.70. The molecule has 0 spiro atoms. The molecule has 0 atom stereocenters. The molecule has 4 aromatic rings. The van der Waals surface area contributed by atoms with E-state index in [1.54, 1.807) is 12.1 Å². The van der Waals surface area contributed by atoms with Crippen molar-refractivity contribution < 1.29 is 24.2 Å². The highest BCUT2D eigenvalue weighted by Crippen LogP contribution is 2.46. The molecule has 0 aliphatic heterocycles. The summed E-state index contributed by atoms with van der Waals surface area (Å²) in [5, 5.41) is 11.2. The highest BCUT2D eigenvalue weighted by molar-refractivity contribution is 6.14. The fourth-order valence-electron chi connectivity index (χ4n) is 5.70. The second-order valence-corrected chi connectivity index (χ2v) is 9.98. The molecule has 1 aliphatic rings. The number of hydrogen-bond acceptors (Lipinski definition) is 5. The number of aliphatic hydroxyl groups excluding tert-OH is 1. The van der Waals surface area contributed by atoms with Crippen LogP contribution in [0.15, 0.2) is 79.4 Å². The number of nitrogens with zero attached hydrogens (tertiary/aromatic N) is 1. The summed E-state index contributed by atoms with van der Waals surface area (Å²) in [5.41, 5.74) is 5.57. The van der Waals surface area contributed by atoms with Gasteiger partial charge in [0, 0.05) is 10.9 Å². The first kappa shape index (κ1) is 26.4. The van der Waals surface area contributed by atoms with Crippen molar-refractivity contribution in [1.82, 2.24) is 4.57 Å². The largest absolute Gasteiger partial charge is 0.465 e. The Kier molecular flexibility index (Phi) is 7.94. The maximum absolute atomic E-state index is 13.5. The lowest BCUT2D eigenvalue weighted by molar-refractivity contribution is -0.138. The van der Waals surface area contributed by atoms with E-state index in [4.69, 9.17) is 9.47 Å². The number of fused-ring (bicyclic) bond motifs is 1. The lowest BCUT2D eigenvalue weighted by Gasteiger charge is -2.24. The summed E-state index contributed by atoms with van der Waals surface area (Å²) in [5.74, 6) is -0.753. The number of aliphatic hydroxyl groups is 1. The molecule has 39 heavy (non-hydrogen) atoms. The number of methoxy groups -OCH3 is 1. The minimum atomic E-state index is -0.558. The molecule has 0 saturated heterocycles. The summed E-state index contributed by atoms with van der Waals surface area (Å²) in [6.45, 7) is 4.15. The van der Waals surface area contributed by atoms with Gasteiger partial charge in [-0.25, -0.2) is 9.59 Å². The van der Waals surface area contributed by atoms with Crippen LogP contribution < -0.4 is 0 Å². The lowest BCUT2D eigenvalue weighted by atomic mass is 9.81. The van der Waals surface area contributed by atoms with Crippen LogP contribution in [0.25, 0.3) is 27.9 Å². The van der Waals surface area contributed by atoms with Crippen molar-refractivity contribution in [3.05, 3.63) is 102 Å². The van der Waals surface area contributed by atoms with E-state index in [1.807, 2.05) is 65.2 Å². The third-order valence-corrected chi connectivity index (χ3v) is 7.60. The molecule has 0 radical (unpaired) electrons. The van der Waals surface area contributed by atoms with Crippen LogP contribution in [0.5, 0.6) is 0 Å². The predicted molar refractivity (Wildman–Crippen MR) is 152 cm³/mol.